The van der Waals surface area contributed by atoms with E-state index in [9.17, 15) is 0 Å². The van der Waals surface area contributed by atoms with E-state index in [0.717, 1.165) is 16.4 Å². The third-order valence-corrected chi connectivity index (χ3v) is 3.19. The van der Waals surface area contributed by atoms with E-state index in [-0.39, 0.29) is 6.04 Å². The van der Waals surface area contributed by atoms with E-state index < -0.39 is 0 Å². The van der Waals surface area contributed by atoms with Crippen LogP contribution in [0.1, 0.15) is 25.6 Å². The van der Waals surface area contributed by atoms with Crippen molar-refractivity contribution in [2.24, 2.45) is 0 Å². The number of nitrogens with one attached hydrogen (secondary N) is 1. The molecule has 1 N–H and O–H groups in total. The number of nitrogens with zero attached hydrogens (tertiary/aromatic N) is 4. The van der Waals surface area contributed by atoms with Crippen molar-refractivity contribution in [3.05, 3.63) is 10.5 Å². The fraction of sp³-hybridized carbons (Fsp3) is 0.500. The standard InChI is InChI=1S/C8H11N5S2/c1-4(2)13-7(10-11-8(13)14)6-5(3)9-12-15-6/h4H,1-3H3,(H,11,14). The minimum atomic E-state index is 0.271. The summed E-state index contributed by atoms with van der Waals surface area (Å²) >= 11 is 6.51. The van der Waals surface area contributed by atoms with E-state index in [1.165, 1.54) is 11.5 Å². The Bertz CT molecular complexity index is 521. The van der Waals surface area contributed by atoms with Crippen LogP contribution in [0, 0.1) is 11.7 Å². The van der Waals surface area contributed by atoms with E-state index in [1.807, 2.05) is 11.5 Å². The third-order valence-electron chi connectivity index (χ3n) is 2.08. The predicted molar refractivity (Wildman–Crippen MR) is 61.4 cm³/mol. The first-order valence-corrected chi connectivity index (χ1v) is 5.75. The van der Waals surface area contributed by atoms with Crippen molar-refractivity contribution in [2.75, 3.05) is 0 Å². The van der Waals surface area contributed by atoms with Crippen molar-refractivity contribution in [2.45, 2.75) is 26.8 Å². The van der Waals surface area contributed by atoms with Crippen LogP contribution >= 0.6 is 23.8 Å². The molecule has 5 nitrogen and oxygen atoms in total. The molecule has 0 radical (unpaired) electrons. The molecule has 0 aliphatic rings. The topological polar surface area (TPSA) is 59.4 Å². The van der Waals surface area contributed by atoms with Gasteiger partial charge in [-0.05, 0) is 44.5 Å². The first-order chi connectivity index (χ1) is 7.11. The number of aromatic nitrogens is 5. The van der Waals surface area contributed by atoms with Crippen LogP contribution in [0.25, 0.3) is 10.7 Å². The highest BCUT2D eigenvalue weighted by molar-refractivity contribution is 7.71. The molecular formula is C8H11N5S2. The van der Waals surface area contributed by atoms with E-state index in [1.54, 1.807) is 0 Å². The fourth-order valence-electron chi connectivity index (χ4n) is 1.38. The van der Waals surface area contributed by atoms with Crippen LogP contribution in [0.5, 0.6) is 0 Å². The van der Waals surface area contributed by atoms with Crippen molar-refractivity contribution in [1.29, 1.82) is 0 Å². The molecule has 2 rings (SSSR count). The molecule has 0 aliphatic carbocycles. The molecule has 0 saturated heterocycles. The minimum absolute atomic E-state index is 0.271. The predicted octanol–water partition coefficient (Wildman–Crippen LogP) is 2.35. The summed E-state index contributed by atoms with van der Waals surface area (Å²) in [5.74, 6) is 0.822. The second kappa shape index (κ2) is 3.82. The molecule has 0 saturated carbocycles. The fourth-order valence-corrected chi connectivity index (χ4v) is 2.37. The SMILES string of the molecule is Cc1nnsc1-c1n[nH]c(=S)n1C(C)C. The second-order valence-corrected chi connectivity index (χ2v) is 4.64. The van der Waals surface area contributed by atoms with Gasteiger partial charge in [0.05, 0.1) is 5.69 Å². The molecule has 2 aromatic rings. The van der Waals surface area contributed by atoms with Crippen molar-refractivity contribution >= 4 is 23.8 Å². The van der Waals surface area contributed by atoms with Crippen LogP contribution < -0.4 is 0 Å². The van der Waals surface area contributed by atoms with Crippen LogP contribution in [0.15, 0.2) is 0 Å². The molecule has 0 fully saturated rings. The van der Waals surface area contributed by atoms with Gasteiger partial charge in [-0.1, -0.05) is 4.49 Å². The smallest absolute Gasteiger partial charge is 0.195 e. The van der Waals surface area contributed by atoms with Gasteiger partial charge in [-0.15, -0.1) is 5.10 Å². The number of hydrogen-bond donors (Lipinski definition) is 1. The Balaban J connectivity index is 2.64. The van der Waals surface area contributed by atoms with Gasteiger partial charge in [0.1, 0.15) is 4.88 Å². The number of aryl methyl sites for hydroxylation is 1. The number of aromatic amines is 1. The van der Waals surface area contributed by atoms with Crippen molar-refractivity contribution in [1.82, 2.24) is 24.4 Å². The molecule has 2 aromatic heterocycles. The summed E-state index contributed by atoms with van der Waals surface area (Å²) in [4.78, 5) is 0.969. The molecule has 15 heavy (non-hydrogen) atoms. The Morgan fingerprint density at radius 3 is 2.73 bits per heavy atom. The highest BCUT2D eigenvalue weighted by Crippen LogP contribution is 2.25. The maximum absolute atomic E-state index is 5.18. The van der Waals surface area contributed by atoms with Crippen molar-refractivity contribution < 1.29 is 0 Å². The summed E-state index contributed by atoms with van der Waals surface area (Å²) in [5.41, 5.74) is 0.885. The molecule has 0 aromatic carbocycles. The van der Waals surface area contributed by atoms with Gasteiger partial charge in [0.25, 0.3) is 0 Å². The molecule has 0 spiro atoms. The van der Waals surface area contributed by atoms with E-state index in [4.69, 9.17) is 12.2 Å². The molecule has 0 atom stereocenters. The van der Waals surface area contributed by atoms with Crippen molar-refractivity contribution in [3.8, 4) is 10.7 Å². The van der Waals surface area contributed by atoms with Gasteiger partial charge in [-0.2, -0.15) is 5.10 Å². The van der Waals surface area contributed by atoms with Gasteiger partial charge < -0.3 is 0 Å². The molecule has 0 bridgehead atoms. The average Bonchev–Trinajstić information content (AvgIpc) is 2.71. The largest absolute Gasteiger partial charge is 0.297 e. The summed E-state index contributed by atoms with van der Waals surface area (Å²) in [6, 6.07) is 0.271. The molecule has 80 valence electrons. The van der Waals surface area contributed by atoms with Crippen LogP contribution in [0.3, 0.4) is 0 Å². The normalized spacial score (nSPS) is 11.2. The monoisotopic (exact) mass is 241 g/mol. The lowest BCUT2D eigenvalue weighted by Gasteiger charge is -2.08. The summed E-state index contributed by atoms with van der Waals surface area (Å²) in [5, 5.41) is 11.0. The Labute approximate surface area is 96.3 Å². The zero-order valence-corrected chi connectivity index (χ0v) is 10.3. The Kier molecular flexibility index (Phi) is 2.66. The summed E-state index contributed by atoms with van der Waals surface area (Å²) in [6.07, 6.45) is 0. The molecule has 0 amide bonds. The van der Waals surface area contributed by atoms with Gasteiger partial charge in [-0.25, -0.2) is 0 Å². The average molecular weight is 241 g/mol. The van der Waals surface area contributed by atoms with Crippen LogP contribution in [0.4, 0.5) is 0 Å². The number of hydrogen-bond acceptors (Lipinski definition) is 5. The van der Waals surface area contributed by atoms with Crippen LogP contribution in [-0.2, 0) is 0 Å². The quantitative estimate of drug-likeness (QED) is 0.820. The zero-order chi connectivity index (χ0) is 11.0. The number of rotatable bonds is 2. The Morgan fingerprint density at radius 1 is 1.47 bits per heavy atom. The maximum atomic E-state index is 5.18. The maximum Gasteiger partial charge on any atom is 0.195 e. The lowest BCUT2D eigenvalue weighted by Crippen LogP contribution is -2.03. The van der Waals surface area contributed by atoms with E-state index in [2.05, 4.69) is 33.6 Å². The van der Waals surface area contributed by atoms with Gasteiger partial charge in [0, 0.05) is 6.04 Å². The first kappa shape index (κ1) is 10.4. The first-order valence-electron chi connectivity index (χ1n) is 4.57. The van der Waals surface area contributed by atoms with Gasteiger partial charge in [-0.3, -0.25) is 9.67 Å². The van der Waals surface area contributed by atoms with Gasteiger partial charge >= 0.3 is 0 Å². The summed E-state index contributed by atoms with van der Waals surface area (Å²) < 4.78 is 6.50. The number of H-pyrrole nitrogens is 1. The molecule has 0 aliphatic heterocycles. The second-order valence-electron chi connectivity index (χ2n) is 3.50. The van der Waals surface area contributed by atoms with Gasteiger partial charge in [0.15, 0.2) is 10.6 Å². The summed E-state index contributed by atoms with van der Waals surface area (Å²) in [7, 11) is 0. The zero-order valence-electron chi connectivity index (χ0n) is 8.68. The Hall–Kier alpha value is -1.08. The van der Waals surface area contributed by atoms with Crippen LogP contribution in [-0.4, -0.2) is 24.4 Å². The third kappa shape index (κ3) is 1.72. The lowest BCUT2D eigenvalue weighted by atomic mass is 10.3. The highest BCUT2D eigenvalue weighted by atomic mass is 32.1. The Morgan fingerprint density at radius 2 is 2.20 bits per heavy atom. The molecule has 2 heterocycles. The minimum Gasteiger partial charge on any atom is -0.297 e. The van der Waals surface area contributed by atoms with E-state index >= 15 is 0 Å². The van der Waals surface area contributed by atoms with Crippen molar-refractivity contribution in [3.63, 3.8) is 0 Å². The van der Waals surface area contributed by atoms with Crippen LogP contribution in [0.2, 0.25) is 0 Å². The lowest BCUT2D eigenvalue weighted by molar-refractivity contribution is 0.597. The van der Waals surface area contributed by atoms with E-state index in [0.29, 0.717) is 4.77 Å². The van der Waals surface area contributed by atoms with Gasteiger partial charge in [0.2, 0.25) is 0 Å². The molecular weight excluding hydrogens is 230 g/mol. The molecule has 0 unspecified atom stereocenters. The summed E-state index contributed by atoms with van der Waals surface area (Å²) in [6.45, 7) is 6.05. The highest BCUT2D eigenvalue weighted by Gasteiger charge is 2.15. The molecule has 7 heteroatoms.